The van der Waals surface area contributed by atoms with E-state index >= 15 is 0 Å². The summed E-state index contributed by atoms with van der Waals surface area (Å²) in [6.07, 6.45) is -0.0920. The Morgan fingerprint density at radius 1 is 1.47 bits per heavy atom. The van der Waals surface area contributed by atoms with Crippen molar-refractivity contribution in [2.45, 2.75) is 20.3 Å². The second-order valence-corrected chi connectivity index (χ2v) is 4.29. The number of hydrogen-bond acceptors (Lipinski definition) is 3. The molecule has 0 aliphatic heterocycles. The third-order valence-electron chi connectivity index (χ3n) is 2.53. The Labute approximate surface area is 105 Å². The molecule has 0 amide bonds. The maximum absolute atomic E-state index is 11.8. The molecule has 0 aliphatic rings. The van der Waals surface area contributed by atoms with Gasteiger partial charge in [0.1, 0.15) is 11.7 Å². The zero-order valence-electron chi connectivity index (χ0n) is 9.66. The van der Waals surface area contributed by atoms with E-state index in [9.17, 15) is 9.59 Å². The lowest BCUT2D eigenvalue weighted by Gasteiger charge is -2.05. The number of rotatable bonds is 4. The van der Waals surface area contributed by atoms with Gasteiger partial charge in [0.15, 0.2) is 5.78 Å². The molecule has 0 saturated carbocycles. The number of ketones is 2. The summed E-state index contributed by atoms with van der Waals surface area (Å²) in [7, 11) is 0. The molecule has 0 spiro atoms. The molecule has 3 nitrogen and oxygen atoms in total. The van der Waals surface area contributed by atoms with Crippen molar-refractivity contribution >= 4 is 23.2 Å². The molecule has 0 radical (unpaired) electrons. The molecular formula is C13H12ClNO2. The predicted octanol–water partition coefficient (Wildman–Crippen LogP) is 2.95. The van der Waals surface area contributed by atoms with Crippen LogP contribution in [0.25, 0.3) is 0 Å². The lowest BCUT2D eigenvalue weighted by molar-refractivity contribution is -0.119. The largest absolute Gasteiger partial charge is 0.299 e. The summed E-state index contributed by atoms with van der Waals surface area (Å²) >= 11 is 5.91. The van der Waals surface area contributed by atoms with Crippen LogP contribution in [-0.4, -0.2) is 11.6 Å². The summed E-state index contributed by atoms with van der Waals surface area (Å²) in [4.78, 5) is 22.9. The Bertz CT molecular complexity index is 503. The van der Waals surface area contributed by atoms with Crippen molar-refractivity contribution in [1.82, 2.24) is 0 Å². The first-order valence-electron chi connectivity index (χ1n) is 5.15. The topological polar surface area (TPSA) is 57.9 Å². The zero-order chi connectivity index (χ0) is 13.0. The molecule has 0 fully saturated rings. The monoisotopic (exact) mass is 249 g/mol. The number of halogens is 1. The van der Waals surface area contributed by atoms with Crippen LogP contribution in [0.15, 0.2) is 18.2 Å². The smallest absolute Gasteiger partial charge is 0.164 e. The standard InChI is InChI=1S/C13H12ClNO2/c1-8-3-4-10(5-12(8)14)13(17)6-11(7-15)9(2)16/h3-5,11H,6H2,1-2H3. The summed E-state index contributed by atoms with van der Waals surface area (Å²) in [5.41, 5.74) is 1.31. The highest BCUT2D eigenvalue weighted by Gasteiger charge is 2.19. The molecule has 88 valence electrons. The van der Waals surface area contributed by atoms with Crippen LogP contribution in [0, 0.1) is 24.2 Å². The molecule has 0 N–H and O–H groups in total. The van der Waals surface area contributed by atoms with Crippen molar-refractivity contribution in [2.24, 2.45) is 5.92 Å². The van der Waals surface area contributed by atoms with E-state index in [0.717, 1.165) is 5.56 Å². The van der Waals surface area contributed by atoms with E-state index in [4.69, 9.17) is 16.9 Å². The molecule has 1 rings (SSSR count). The van der Waals surface area contributed by atoms with Crippen molar-refractivity contribution in [3.05, 3.63) is 34.3 Å². The van der Waals surface area contributed by atoms with E-state index in [1.165, 1.54) is 6.92 Å². The lowest BCUT2D eigenvalue weighted by Crippen LogP contribution is -2.14. The van der Waals surface area contributed by atoms with Gasteiger partial charge in [0, 0.05) is 17.0 Å². The summed E-state index contributed by atoms with van der Waals surface area (Å²) in [6, 6.07) is 6.78. The van der Waals surface area contributed by atoms with E-state index in [0.29, 0.717) is 10.6 Å². The third-order valence-corrected chi connectivity index (χ3v) is 2.94. The van der Waals surface area contributed by atoms with Gasteiger partial charge >= 0.3 is 0 Å². The van der Waals surface area contributed by atoms with Gasteiger partial charge in [0.25, 0.3) is 0 Å². The third kappa shape index (κ3) is 3.40. The van der Waals surface area contributed by atoms with Gasteiger partial charge in [0.05, 0.1) is 6.07 Å². The fourth-order valence-electron chi connectivity index (χ4n) is 1.35. The SMILES string of the molecule is CC(=O)C(C#N)CC(=O)c1ccc(C)c(Cl)c1. The maximum atomic E-state index is 11.8. The Kier molecular flexibility index (Phi) is 4.42. The van der Waals surface area contributed by atoms with Crippen LogP contribution in [0.2, 0.25) is 5.02 Å². The Hall–Kier alpha value is -1.66. The maximum Gasteiger partial charge on any atom is 0.164 e. The van der Waals surface area contributed by atoms with E-state index in [2.05, 4.69) is 0 Å². The number of hydrogen-bond donors (Lipinski definition) is 0. The minimum absolute atomic E-state index is 0.0920. The van der Waals surface area contributed by atoms with Crippen LogP contribution in [0.5, 0.6) is 0 Å². The van der Waals surface area contributed by atoms with Gasteiger partial charge in [-0.05, 0) is 25.5 Å². The molecular weight excluding hydrogens is 238 g/mol. The van der Waals surface area contributed by atoms with Crippen LogP contribution in [0.3, 0.4) is 0 Å². The average molecular weight is 250 g/mol. The van der Waals surface area contributed by atoms with Gasteiger partial charge in [-0.25, -0.2) is 0 Å². The zero-order valence-corrected chi connectivity index (χ0v) is 10.4. The first-order valence-corrected chi connectivity index (χ1v) is 5.53. The fourth-order valence-corrected chi connectivity index (χ4v) is 1.53. The summed E-state index contributed by atoms with van der Waals surface area (Å²) in [6.45, 7) is 3.15. The minimum Gasteiger partial charge on any atom is -0.299 e. The molecule has 0 aliphatic carbocycles. The quantitative estimate of drug-likeness (QED) is 0.771. The van der Waals surface area contributed by atoms with E-state index in [1.54, 1.807) is 18.2 Å². The van der Waals surface area contributed by atoms with Gasteiger partial charge < -0.3 is 0 Å². The lowest BCUT2D eigenvalue weighted by atomic mass is 9.96. The van der Waals surface area contributed by atoms with Crippen LogP contribution in [0.1, 0.15) is 29.3 Å². The fraction of sp³-hybridized carbons (Fsp3) is 0.308. The molecule has 1 atom stereocenters. The normalized spacial score (nSPS) is 11.6. The van der Waals surface area contributed by atoms with Crippen molar-refractivity contribution in [2.75, 3.05) is 0 Å². The van der Waals surface area contributed by atoms with Crippen molar-refractivity contribution in [1.29, 1.82) is 5.26 Å². The van der Waals surface area contributed by atoms with Gasteiger partial charge in [-0.3, -0.25) is 9.59 Å². The number of Topliss-reactive ketones (excluding diaryl/α,β-unsaturated/α-hetero) is 2. The highest BCUT2D eigenvalue weighted by atomic mass is 35.5. The van der Waals surface area contributed by atoms with Crippen molar-refractivity contribution in [3.63, 3.8) is 0 Å². The first kappa shape index (κ1) is 13.4. The number of nitriles is 1. The van der Waals surface area contributed by atoms with Crippen LogP contribution in [-0.2, 0) is 4.79 Å². The molecule has 0 saturated heterocycles. The molecule has 0 heterocycles. The highest BCUT2D eigenvalue weighted by molar-refractivity contribution is 6.31. The summed E-state index contributed by atoms with van der Waals surface area (Å²) in [5.74, 6) is -1.41. The van der Waals surface area contributed by atoms with E-state index in [-0.39, 0.29) is 18.0 Å². The van der Waals surface area contributed by atoms with Gasteiger partial charge in [-0.1, -0.05) is 23.7 Å². The second kappa shape index (κ2) is 5.60. The summed E-state index contributed by atoms with van der Waals surface area (Å²) in [5, 5.41) is 9.25. The van der Waals surface area contributed by atoms with Crippen molar-refractivity contribution in [3.8, 4) is 6.07 Å². The van der Waals surface area contributed by atoms with E-state index < -0.39 is 5.92 Å². The minimum atomic E-state index is -0.873. The molecule has 0 aromatic heterocycles. The number of benzene rings is 1. The Morgan fingerprint density at radius 2 is 2.12 bits per heavy atom. The molecule has 0 bridgehead atoms. The number of carbonyl (C=O) groups is 2. The Morgan fingerprint density at radius 3 is 2.59 bits per heavy atom. The Balaban J connectivity index is 2.87. The molecule has 17 heavy (non-hydrogen) atoms. The molecule has 1 unspecified atom stereocenters. The van der Waals surface area contributed by atoms with Gasteiger partial charge in [-0.2, -0.15) is 5.26 Å². The number of aryl methyl sites for hydroxylation is 1. The van der Waals surface area contributed by atoms with Gasteiger partial charge in [0.2, 0.25) is 0 Å². The second-order valence-electron chi connectivity index (χ2n) is 3.88. The average Bonchev–Trinajstić information content (AvgIpc) is 2.28. The molecule has 4 heteroatoms. The highest BCUT2D eigenvalue weighted by Crippen LogP contribution is 2.19. The summed E-state index contributed by atoms with van der Waals surface area (Å²) < 4.78 is 0. The van der Waals surface area contributed by atoms with Gasteiger partial charge in [-0.15, -0.1) is 0 Å². The first-order chi connectivity index (χ1) is 7.95. The van der Waals surface area contributed by atoms with Crippen molar-refractivity contribution < 1.29 is 9.59 Å². The molecule has 1 aromatic carbocycles. The van der Waals surface area contributed by atoms with Crippen LogP contribution in [0.4, 0.5) is 0 Å². The predicted molar refractivity (Wildman–Crippen MR) is 64.9 cm³/mol. The van der Waals surface area contributed by atoms with Crippen LogP contribution < -0.4 is 0 Å². The molecule has 1 aromatic rings. The van der Waals surface area contributed by atoms with Crippen LogP contribution >= 0.6 is 11.6 Å². The number of nitrogens with zero attached hydrogens (tertiary/aromatic N) is 1. The number of carbonyl (C=O) groups excluding carboxylic acids is 2. The van der Waals surface area contributed by atoms with E-state index in [1.807, 2.05) is 13.0 Å².